The summed E-state index contributed by atoms with van der Waals surface area (Å²) in [5.74, 6) is 0.219. The first-order valence-electron chi connectivity index (χ1n) is 6.53. The molecule has 0 radical (unpaired) electrons. The molecule has 1 fully saturated rings. The van der Waals surface area contributed by atoms with Gasteiger partial charge in [0.05, 0.1) is 5.75 Å². The van der Waals surface area contributed by atoms with Crippen LogP contribution in [0.4, 0.5) is 0 Å². The topological polar surface area (TPSA) is 37.4 Å². The van der Waals surface area contributed by atoms with Crippen molar-refractivity contribution in [2.75, 3.05) is 25.1 Å². The van der Waals surface area contributed by atoms with Crippen LogP contribution in [-0.2, 0) is 9.84 Å². The summed E-state index contributed by atoms with van der Waals surface area (Å²) in [5.41, 5.74) is 1.12. The zero-order chi connectivity index (χ0) is 13.0. The Morgan fingerprint density at radius 2 is 1.72 bits per heavy atom. The Balaban J connectivity index is 2.22. The molecule has 0 aromatic heterocycles. The van der Waals surface area contributed by atoms with Crippen molar-refractivity contribution in [1.82, 2.24) is 4.90 Å². The molecule has 18 heavy (non-hydrogen) atoms. The van der Waals surface area contributed by atoms with Gasteiger partial charge in [-0.1, -0.05) is 36.8 Å². The summed E-state index contributed by atoms with van der Waals surface area (Å²) in [5, 5.41) is 0. The van der Waals surface area contributed by atoms with Gasteiger partial charge in [-0.05, 0) is 31.5 Å². The molecule has 2 rings (SSSR count). The predicted octanol–water partition coefficient (Wildman–Crippen LogP) is 2.26. The van der Waals surface area contributed by atoms with Crippen LogP contribution in [0.1, 0.15) is 30.9 Å². The van der Waals surface area contributed by atoms with Gasteiger partial charge in [-0.2, -0.15) is 0 Å². The van der Waals surface area contributed by atoms with Gasteiger partial charge in [0, 0.05) is 12.3 Å². The van der Waals surface area contributed by atoms with Crippen LogP contribution >= 0.6 is 0 Å². The summed E-state index contributed by atoms with van der Waals surface area (Å²) < 4.78 is 23.3. The minimum Gasteiger partial charge on any atom is -0.295 e. The van der Waals surface area contributed by atoms with E-state index in [2.05, 4.69) is 4.90 Å². The van der Waals surface area contributed by atoms with Crippen LogP contribution in [0.5, 0.6) is 0 Å². The van der Waals surface area contributed by atoms with E-state index in [1.807, 2.05) is 30.3 Å². The largest absolute Gasteiger partial charge is 0.295 e. The quantitative estimate of drug-likeness (QED) is 0.839. The first-order valence-corrected chi connectivity index (χ1v) is 8.59. The van der Waals surface area contributed by atoms with Gasteiger partial charge in [-0.25, -0.2) is 8.42 Å². The number of benzene rings is 1. The van der Waals surface area contributed by atoms with Crippen LogP contribution in [0.3, 0.4) is 0 Å². The minimum atomic E-state index is -2.96. The first-order chi connectivity index (χ1) is 8.56. The van der Waals surface area contributed by atoms with Gasteiger partial charge in [0.1, 0.15) is 9.84 Å². The highest BCUT2D eigenvalue weighted by Gasteiger charge is 2.25. The molecule has 1 aliphatic heterocycles. The van der Waals surface area contributed by atoms with E-state index < -0.39 is 9.84 Å². The Morgan fingerprint density at radius 3 is 2.28 bits per heavy atom. The number of rotatable bonds is 4. The van der Waals surface area contributed by atoms with Crippen molar-refractivity contribution in [2.45, 2.75) is 25.3 Å². The summed E-state index contributed by atoms with van der Waals surface area (Å²) in [6.07, 6.45) is 4.93. The number of likely N-dealkylation sites (tertiary alicyclic amines) is 1. The normalized spacial score (nSPS) is 19.6. The minimum absolute atomic E-state index is 0.0153. The number of hydrogen-bond acceptors (Lipinski definition) is 3. The second-order valence-corrected chi connectivity index (χ2v) is 7.30. The standard InChI is InChI=1S/C14H21NO2S/c1-18(16,17)12-14(13-8-4-2-5-9-13)15-10-6-3-7-11-15/h2,4-5,8-9,14H,3,6-7,10-12H2,1H3. The molecule has 0 N–H and O–H groups in total. The van der Waals surface area contributed by atoms with Gasteiger partial charge < -0.3 is 0 Å². The highest BCUT2D eigenvalue weighted by molar-refractivity contribution is 7.90. The predicted molar refractivity (Wildman–Crippen MR) is 74.3 cm³/mol. The van der Waals surface area contributed by atoms with Crippen molar-refractivity contribution in [1.29, 1.82) is 0 Å². The van der Waals surface area contributed by atoms with Crippen molar-refractivity contribution in [3.05, 3.63) is 35.9 Å². The lowest BCUT2D eigenvalue weighted by molar-refractivity contribution is 0.176. The number of nitrogens with zero attached hydrogens (tertiary/aromatic N) is 1. The first kappa shape index (κ1) is 13.6. The third-order valence-electron chi connectivity index (χ3n) is 3.48. The zero-order valence-electron chi connectivity index (χ0n) is 10.9. The molecule has 1 atom stereocenters. The average Bonchev–Trinajstić information content (AvgIpc) is 2.37. The van der Waals surface area contributed by atoms with E-state index in [0.717, 1.165) is 18.7 Å². The highest BCUT2D eigenvalue weighted by atomic mass is 32.2. The Morgan fingerprint density at radius 1 is 1.11 bits per heavy atom. The van der Waals surface area contributed by atoms with Gasteiger partial charge in [0.25, 0.3) is 0 Å². The van der Waals surface area contributed by atoms with Gasteiger partial charge >= 0.3 is 0 Å². The number of hydrogen-bond donors (Lipinski definition) is 0. The molecule has 1 aromatic carbocycles. The van der Waals surface area contributed by atoms with Crippen molar-refractivity contribution in [2.24, 2.45) is 0 Å². The van der Waals surface area contributed by atoms with Gasteiger partial charge in [0.2, 0.25) is 0 Å². The van der Waals surface area contributed by atoms with Crippen LogP contribution in [0.2, 0.25) is 0 Å². The Kier molecular flexibility index (Phi) is 4.40. The summed E-state index contributed by atoms with van der Waals surface area (Å²) >= 11 is 0. The fourth-order valence-corrected chi connectivity index (χ4v) is 3.58. The van der Waals surface area contributed by atoms with Crippen LogP contribution < -0.4 is 0 Å². The zero-order valence-corrected chi connectivity index (χ0v) is 11.7. The Bertz CT molecular complexity index is 464. The Labute approximate surface area is 110 Å². The maximum atomic E-state index is 11.6. The maximum absolute atomic E-state index is 11.6. The Hall–Kier alpha value is -0.870. The third kappa shape index (κ3) is 3.82. The molecule has 3 nitrogen and oxygen atoms in total. The molecule has 1 saturated heterocycles. The van der Waals surface area contributed by atoms with Crippen molar-refractivity contribution < 1.29 is 8.42 Å². The second kappa shape index (κ2) is 5.85. The van der Waals surface area contributed by atoms with Crippen LogP contribution in [-0.4, -0.2) is 38.4 Å². The maximum Gasteiger partial charge on any atom is 0.149 e. The van der Waals surface area contributed by atoms with E-state index in [1.54, 1.807) is 0 Å². The smallest absolute Gasteiger partial charge is 0.149 e. The molecular weight excluding hydrogens is 246 g/mol. The van der Waals surface area contributed by atoms with E-state index in [4.69, 9.17) is 0 Å². The molecule has 0 saturated carbocycles. The van der Waals surface area contributed by atoms with E-state index in [0.29, 0.717) is 0 Å². The van der Waals surface area contributed by atoms with Crippen LogP contribution in [0, 0.1) is 0 Å². The van der Waals surface area contributed by atoms with Crippen LogP contribution in [0.25, 0.3) is 0 Å². The SMILES string of the molecule is CS(=O)(=O)CC(c1ccccc1)N1CCCCC1. The van der Waals surface area contributed by atoms with Crippen molar-refractivity contribution >= 4 is 9.84 Å². The summed E-state index contributed by atoms with van der Waals surface area (Å²) in [6.45, 7) is 2.02. The average molecular weight is 267 g/mol. The molecule has 0 bridgehead atoms. The summed E-state index contributed by atoms with van der Waals surface area (Å²) in [7, 11) is -2.96. The molecule has 4 heteroatoms. The van der Waals surface area contributed by atoms with E-state index in [1.165, 1.54) is 25.5 Å². The lowest BCUT2D eigenvalue weighted by Crippen LogP contribution is -2.37. The molecule has 0 amide bonds. The van der Waals surface area contributed by atoms with E-state index in [-0.39, 0.29) is 11.8 Å². The van der Waals surface area contributed by atoms with Gasteiger partial charge in [0.15, 0.2) is 0 Å². The van der Waals surface area contributed by atoms with E-state index >= 15 is 0 Å². The molecule has 0 aliphatic carbocycles. The summed E-state index contributed by atoms with van der Waals surface area (Å²) in [4.78, 5) is 2.32. The molecule has 1 aromatic rings. The highest BCUT2D eigenvalue weighted by Crippen LogP contribution is 2.25. The van der Waals surface area contributed by atoms with Crippen molar-refractivity contribution in [3.63, 3.8) is 0 Å². The monoisotopic (exact) mass is 267 g/mol. The fraction of sp³-hybridized carbons (Fsp3) is 0.571. The van der Waals surface area contributed by atoms with Gasteiger partial charge in [-0.15, -0.1) is 0 Å². The van der Waals surface area contributed by atoms with Crippen LogP contribution in [0.15, 0.2) is 30.3 Å². The number of piperidine rings is 1. The third-order valence-corrected chi connectivity index (χ3v) is 4.40. The molecule has 1 unspecified atom stereocenters. The molecule has 100 valence electrons. The molecule has 0 spiro atoms. The summed E-state index contributed by atoms with van der Waals surface area (Å²) in [6, 6.07) is 10.0. The van der Waals surface area contributed by atoms with Crippen molar-refractivity contribution in [3.8, 4) is 0 Å². The molecular formula is C14H21NO2S. The second-order valence-electron chi connectivity index (χ2n) is 5.12. The fourth-order valence-electron chi connectivity index (χ4n) is 2.60. The number of sulfone groups is 1. The molecule has 1 aliphatic rings. The van der Waals surface area contributed by atoms with E-state index in [9.17, 15) is 8.42 Å². The lowest BCUT2D eigenvalue weighted by Gasteiger charge is -2.34. The molecule has 1 heterocycles. The lowest BCUT2D eigenvalue weighted by atomic mass is 10.0. The van der Waals surface area contributed by atoms with Gasteiger partial charge in [-0.3, -0.25) is 4.90 Å².